The smallest absolute Gasteiger partial charge is 0.160 e. The predicted molar refractivity (Wildman–Crippen MR) is 227 cm³/mol. The van der Waals surface area contributed by atoms with Crippen molar-refractivity contribution in [3.05, 3.63) is 241 Å². The van der Waals surface area contributed by atoms with E-state index >= 15 is 0 Å². The van der Waals surface area contributed by atoms with Gasteiger partial charge in [-0.2, -0.15) is 0 Å². The monoisotopic (exact) mass is 700 g/mol. The highest BCUT2D eigenvalue weighted by atomic mass is 14.9. The maximum atomic E-state index is 5.11. The SMILES string of the molecule is c1ccc(-c2ccc(-c3cc(-c4ccc(-c5ccc6c(c5)C(c5ccccc5)(c5ccccc5)c5ccccc5-6)cc4)nc(-c4ccccc4)n3)cc2)cc1. The fraction of sp³-hybridized carbons (Fsp3) is 0.0189. The minimum absolute atomic E-state index is 0.436. The van der Waals surface area contributed by atoms with Gasteiger partial charge in [0.05, 0.1) is 16.8 Å². The molecule has 8 aromatic carbocycles. The van der Waals surface area contributed by atoms with Crippen LogP contribution in [0, 0.1) is 0 Å². The van der Waals surface area contributed by atoms with Gasteiger partial charge in [-0.05, 0) is 67.8 Å². The minimum Gasteiger partial charge on any atom is -0.228 e. The van der Waals surface area contributed by atoms with Gasteiger partial charge in [-0.1, -0.05) is 206 Å². The molecule has 0 atom stereocenters. The number of aromatic nitrogens is 2. The van der Waals surface area contributed by atoms with Gasteiger partial charge in [-0.15, -0.1) is 0 Å². The first-order valence-corrected chi connectivity index (χ1v) is 18.8. The van der Waals surface area contributed by atoms with E-state index in [1.807, 2.05) is 24.3 Å². The molecule has 0 N–H and O–H groups in total. The Kier molecular flexibility index (Phi) is 8.08. The fourth-order valence-corrected chi connectivity index (χ4v) is 8.38. The summed E-state index contributed by atoms with van der Waals surface area (Å²) < 4.78 is 0. The molecular weight excluding hydrogens is 665 g/mol. The van der Waals surface area contributed by atoms with E-state index in [0.717, 1.165) is 33.6 Å². The Labute approximate surface area is 322 Å². The van der Waals surface area contributed by atoms with Gasteiger partial charge < -0.3 is 0 Å². The van der Waals surface area contributed by atoms with Gasteiger partial charge in [0.25, 0.3) is 0 Å². The molecule has 0 saturated carbocycles. The summed E-state index contributed by atoms with van der Waals surface area (Å²) in [5.41, 5.74) is 16.9. The Morgan fingerprint density at radius 1 is 0.273 bits per heavy atom. The molecule has 9 aromatic rings. The second-order valence-corrected chi connectivity index (χ2v) is 14.1. The zero-order chi connectivity index (χ0) is 36.6. The van der Waals surface area contributed by atoms with Crippen LogP contribution in [-0.4, -0.2) is 9.97 Å². The van der Waals surface area contributed by atoms with Crippen LogP contribution in [0.15, 0.2) is 218 Å². The van der Waals surface area contributed by atoms with Gasteiger partial charge in [0.2, 0.25) is 0 Å². The molecule has 1 aromatic heterocycles. The molecule has 1 aliphatic rings. The second kappa shape index (κ2) is 13.7. The zero-order valence-corrected chi connectivity index (χ0v) is 30.2. The van der Waals surface area contributed by atoms with E-state index in [-0.39, 0.29) is 0 Å². The molecule has 10 rings (SSSR count). The summed E-state index contributed by atoms with van der Waals surface area (Å²) in [4.78, 5) is 10.2. The predicted octanol–water partition coefficient (Wildman–Crippen LogP) is 13.2. The normalized spacial score (nSPS) is 12.5. The summed E-state index contributed by atoms with van der Waals surface area (Å²) >= 11 is 0. The van der Waals surface area contributed by atoms with Crippen LogP contribution >= 0.6 is 0 Å². The van der Waals surface area contributed by atoms with E-state index < -0.39 is 5.41 Å². The van der Waals surface area contributed by atoms with E-state index in [1.165, 1.54) is 50.1 Å². The van der Waals surface area contributed by atoms with Crippen molar-refractivity contribution >= 4 is 0 Å². The Balaban J connectivity index is 1.06. The molecule has 2 nitrogen and oxygen atoms in total. The molecule has 0 unspecified atom stereocenters. The summed E-state index contributed by atoms with van der Waals surface area (Å²) in [7, 11) is 0. The van der Waals surface area contributed by atoms with Crippen molar-refractivity contribution in [1.29, 1.82) is 0 Å². The number of hydrogen-bond donors (Lipinski definition) is 0. The number of fused-ring (bicyclic) bond motifs is 3. The summed E-state index contributed by atoms with van der Waals surface area (Å²) in [6, 6.07) is 78.2. The van der Waals surface area contributed by atoms with E-state index in [9.17, 15) is 0 Å². The first kappa shape index (κ1) is 32.5. The lowest BCUT2D eigenvalue weighted by atomic mass is 9.67. The van der Waals surface area contributed by atoms with E-state index in [0.29, 0.717) is 5.82 Å². The highest BCUT2D eigenvalue weighted by Gasteiger charge is 2.46. The van der Waals surface area contributed by atoms with E-state index in [1.54, 1.807) is 0 Å². The summed E-state index contributed by atoms with van der Waals surface area (Å²) in [5.74, 6) is 0.709. The molecule has 0 spiro atoms. The van der Waals surface area contributed by atoms with Crippen molar-refractivity contribution in [2.45, 2.75) is 5.41 Å². The lowest BCUT2D eigenvalue weighted by Crippen LogP contribution is -2.28. The largest absolute Gasteiger partial charge is 0.228 e. The van der Waals surface area contributed by atoms with Crippen LogP contribution in [0.25, 0.3) is 67.3 Å². The quantitative estimate of drug-likeness (QED) is 0.165. The van der Waals surface area contributed by atoms with Crippen molar-refractivity contribution in [3.63, 3.8) is 0 Å². The van der Waals surface area contributed by atoms with Crippen molar-refractivity contribution in [2.75, 3.05) is 0 Å². The van der Waals surface area contributed by atoms with Gasteiger partial charge in [0.15, 0.2) is 5.82 Å². The number of nitrogens with zero attached hydrogens (tertiary/aromatic N) is 2. The molecular formula is C53H36N2. The molecule has 2 heteroatoms. The highest BCUT2D eigenvalue weighted by molar-refractivity contribution is 5.88. The van der Waals surface area contributed by atoms with Crippen LogP contribution in [0.2, 0.25) is 0 Å². The van der Waals surface area contributed by atoms with Crippen LogP contribution in [-0.2, 0) is 5.41 Å². The van der Waals surface area contributed by atoms with Crippen molar-refractivity contribution in [3.8, 4) is 67.3 Å². The van der Waals surface area contributed by atoms with Crippen molar-refractivity contribution in [1.82, 2.24) is 9.97 Å². The molecule has 1 aliphatic carbocycles. The van der Waals surface area contributed by atoms with Crippen LogP contribution < -0.4 is 0 Å². The van der Waals surface area contributed by atoms with Gasteiger partial charge in [-0.25, -0.2) is 9.97 Å². The Morgan fingerprint density at radius 3 is 1.24 bits per heavy atom. The standard InChI is InChI=1S/C53H36N2/c1-5-15-37(16-6-1)38-25-29-40(30-26-38)50-36-51(55-52(54-50)42-17-7-2-8-18-42)41-31-27-39(28-32-41)43-33-34-47-46-23-13-14-24-48(46)53(49(47)35-43,44-19-9-3-10-20-44)45-21-11-4-12-22-45/h1-36H. The van der Waals surface area contributed by atoms with Crippen LogP contribution in [0.5, 0.6) is 0 Å². The second-order valence-electron chi connectivity index (χ2n) is 14.1. The minimum atomic E-state index is -0.436. The maximum Gasteiger partial charge on any atom is 0.160 e. The van der Waals surface area contributed by atoms with Gasteiger partial charge in [-0.3, -0.25) is 0 Å². The lowest BCUT2D eigenvalue weighted by molar-refractivity contribution is 0.769. The molecule has 0 fully saturated rings. The average molecular weight is 701 g/mol. The first-order valence-electron chi connectivity index (χ1n) is 18.8. The Morgan fingerprint density at radius 2 is 0.673 bits per heavy atom. The topological polar surface area (TPSA) is 25.8 Å². The van der Waals surface area contributed by atoms with Crippen molar-refractivity contribution in [2.24, 2.45) is 0 Å². The highest BCUT2D eigenvalue weighted by Crippen LogP contribution is 2.56. The third-order valence-electron chi connectivity index (χ3n) is 11.0. The third-order valence-corrected chi connectivity index (χ3v) is 11.0. The summed E-state index contributed by atoms with van der Waals surface area (Å²) in [6.45, 7) is 0. The Bertz CT molecular complexity index is 2720. The average Bonchev–Trinajstić information content (AvgIpc) is 3.58. The molecule has 0 amide bonds. The van der Waals surface area contributed by atoms with Gasteiger partial charge in [0.1, 0.15) is 0 Å². The summed E-state index contributed by atoms with van der Waals surface area (Å²) in [6.07, 6.45) is 0. The van der Waals surface area contributed by atoms with Crippen LogP contribution in [0.3, 0.4) is 0 Å². The maximum absolute atomic E-state index is 5.11. The van der Waals surface area contributed by atoms with Crippen molar-refractivity contribution < 1.29 is 0 Å². The molecule has 55 heavy (non-hydrogen) atoms. The lowest BCUT2D eigenvalue weighted by Gasteiger charge is -2.34. The molecule has 0 saturated heterocycles. The van der Waals surface area contributed by atoms with Gasteiger partial charge >= 0.3 is 0 Å². The van der Waals surface area contributed by atoms with Gasteiger partial charge in [0, 0.05) is 16.7 Å². The summed E-state index contributed by atoms with van der Waals surface area (Å²) in [5, 5.41) is 0. The number of hydrogen-bond acceptors (Lipinski definition) is 2. The van der Waals surface area contributed by atoms with E-state index in [2.05, 4.69) is 194 Å². The fourth-order valence-electron chi connectivity index (χ4n) is 8.38. The number of benzene rings is 8. The first-order chi connectivity index (χ1) is 27.3. The molecule has 0 bridgehead atoms. The Hall–Kier alpha value is -7.16. The van der Waals surface area contributed by atoms with E-state index in [4.69, 9.17) is 9.97 Å². The number of rotatable bonds is 7. The molecule has 1 heterocycles. The molecule has 0 radical (unpaired) electrons. The molecule has 0 aliphatic heterocycles. The van der Waals surface area contributed by atoms with Crippen LogP contribution in [0.4, 0.5) is 0 Å². The zero-order valence-electron chi connectivity index (χ0n) is 30.2. The molecule has 258 valence electrons. The van der Waals surface area contributed by atoms with Crippen LogP contribution in [0.1, 0.15) is 22.3 Å². The third kappa shape index (κ3) is 5.67.